The molecule has 0 spiro atoms. The Bertz CT molecular complexity index is 237. The summed E-state index contributed by atoms with van der Waals surface area (Å²) in [5, 5.41) is 0.244. The molecule has 0 aliphatic carbocycles. The van der Waals surface area contributed by atoms with Crippen molar-refractivity contribution in [2.45, 2.75) is 64.3 Å². The van der Waals surface area contributed by atoms with E-state index in [4.69, 9.17) is 10.8 Å². The van der Waals surface area contributed by atoms with Crippen LogP contribution < -0.4 is 0 Å². The van der Waals surface area contributed by atoms with E-state index in [1.54, 1.807) is 0 Å². The van der Waals surface area contributed by atoms with Gasteiger partial charge in [0.1, 0.15) is 0 Å². The Morgan fingerprint density at radius 3 is 2.31 bits per heavy atom. The van der Waals surface area contributed by atoms with Gasteiger partial charge in [0.2, 0.25) is 0 Å². The van der Waals surface area contributed by atoms with E-state index in [1.165, 1.54) is 0 Å². The van der Waals surface area contributed by atoms with Crippen molar-refractivity contribution in [2.24, 2.45) is 0 Å². The molecule has 0 N–H and O–H groups in total. The van der Waals surface area contributed by atoms with Crippen LogP contribution in [0.3, 0.4) is 0 Å². The van der Waals surface area contributed by atoms with Gasteiger partial charge in [-0.05, 0) is 37.4 Å². The molecule has 0 aromatic rings. The molecule has 0 radical (unpaired) electrons. The molecule has 16 heavy (non-hydrogen) atoms. The Labute approximate surface area is 101 Å². The van der Waals surface area contributed by atoms with Gasteiger partial charge < -0.3 is 4.43 Å². The van der Waals surface area contributed by atoms with Crippen molar-refractivity contribution in [1.82, 2.24) is 0 Å². The van der Waals surface area contributed by atoms with Crippen LogP contribution in [0, 0.1) is 12.3 Å². The zero-order valence-corrected chi connectivity index (χ0v) is 12.3. The van der Waals surface area contributed by atoms with Gasteiger partial charge in [-0.3, -0.25) is 0 Å². The van der Waals surface area contributed by atoms with E-state index in [2.05, 4.69) is 39.8 Å². The van der Waals surface area contributed by atoms with Crippen molar-refractivity contribution >= 4 is 8.32 Å². The fourth-order valence-electron chi connectivity index (χ4n) is 1.05. The van der Waals surface area contributed by atoms with E-state index >= 15 is 0 Å². The number of terminal acetylenes is 1. The normalized spacial score (nSPS) is 14.6. The molecule has 0 aromatic heterocycles. The van der Waals surface area contributed by atoms with Crippen LogP contribution in [0.5, 0.6) is 0 Å². The molecule has 0 heterocycles. The van der Waals surface area contributed by atoms with Crippen LogP contribution in [0.4, 0.5) is 4.39 Å². The predicted molar refractivity (Wildman–Crippen MR) is 70.7 cm³/mol. The summed E-state index contributed by atoms with van der Waals surface area (Å²) in [6.07, 6.45) is 6.03. The Balaban J connectivity index is 3.72. The van der Waals surface area contributed by atoms with Gasteiger partial charge in [0, 0.05) is 6.61 Å². The highest BCUT2D eigenvalue weighted by Gasteiger charge is 2.36. The fourth-order valence-corrected chi connectivity index (χ4v) is 2.14. The van der Waals surface area contributed by atoms with E-state index in [1.807, 2.05) is 0 Å². The highest BCUT2D eigenvalue weighted by atomic mass is 28.4. The molecule has 1 atom stereocenters. The number of unbranched alkanes of at least 4 members (excludes halogenated alkanes) is 1. The van der Waals surface area contributed by atoms with Crippen LogP contribution in [-0.2, 0) is 4.43 Å². The third kappa shape index (κ3) is 5.67. The molecule has 0 fully saturated rings. The molecule has 1 nitrogen and oxygen atoms in total. The van der Waals surface area contributed by atoms with Crippen LogP contribution in [0.2, 0.25) is 18.1 Å². The number of hydrogen-bond donors (Lipinski definition) is 0. The molecule has 94 valence electrons. The summed E-state index contributed by atoms with van der Waals surface area (Å²) in [5.74, 6) is 2.10. The summed E-state index contributed by atoms with van der Waals surface area (Å²) >= 11 is 0. The summed E-state index contributed by atoms with van der Waals surface area (Å²) < 4.78 is 18.7. The minimum atomic E-state index is -1.62. The van der Waals surface area contributed by atoms with Gasteiger partial charge in [0.05, 0.1) is 0 Å². The molecule has 0 aromatic carbocycles. The Kier molecular flexibility index (Phi) is 6.28. The lowest BCUT2D eigenvalue weighted by molar-refractivity contribution is 0.271. The first-order valence-electron chi connectivity index (χ1n) is 5.95. The molecule has 0 saturated heterocycles. The van der Waals surface area contributed by atoms with Crippen molar-refractivity contribution in [1.29, 1.82) is 0 Å². The van der Waals surface area contributed by atoms with E-state index in [0.29, 0.717) is 6.42 Å². The minimum Gasteiger partial charge on any atom is -0.417 e. The second-order valence-corrected chi connectivity index (χ2v) is 10.5. The lowest BCUT2D eigenvalue weighted by Crippen LogP contribution is -2.40. The molecular formula is C13H25FOSi. The van der Waals surface area contributed by atoms with E-state index in [0.717, 1.165) is 19.4 Å². The largest absolute Gasteiger partial charge is 0.417 e. The van der Waals surface area contributed by atoms with Gasteiger partial charge in [0.25, 0.3) is 0 Å². The van der Waals surface area contributed by atoms with Gasteiger partial charge in [-0.2, -0.15) is 0 Å². The molecular weight excluding hydrogens is 219 g/mol. The molecule has 3 heteroatoms. The first-order valence-corrected chi connectivity index (χ1v) is 8.85. The van der Waals surface area contributed by atoms with Crippen molar-refractivity contribution in [3.05, 3.63) is 0 Å². The maximum Gasteiger partial charge on any atom is 0.191 e. The molecule has 0 bridgehead atoms. The zero-order chi connectivity index (χ0) is 12.8. The van der Waals surface area contributed by atoms with Crippen LogP contribution in [0.25, 0.3) is 0 Å². The molecule has 0 aliphatic heterocycles. The summed E-state index contributed by atoms with van der Waals surface area (Å²) in [6.45, 7) is 11.8. The number of alkyl halides is 1. The van der Waals surface area contributed by atoms with Crippen LogP contribution >= 0.6 is 0 Å². The van der Waals surface area contributed by atoms with Crippen molar-refractivity contribution in [3.63, 3.8) is 0 Å². The number of halogens is 1. The Morgan fingerprint density at radius 1 is 1.31 bits per heavy atom. The van der Waals surface area contributed by atoms with Crippen LogP contribution in [0.1, 0.15) is 40.0 Å². The van der Waals surface area contributed by atoms with Crippen molar-refractivity contribution < 1.29 is 8.82 Å². The Morgan fingerprint density at radius 2 is 1.88 bits per heavy atom. The smallest absolute Gasteiger partial charge is 0.191 e. The number of rotatable bonds is 6. The zero-order valence-electron chi connectivity index (χ0n) is 11.3. The summed E-state index contributed by atoms with van der Waals surface area (Å²) in [6, 6.07) is 0. The van der Waals surface area contributed by atoms with Crippen molar-refractivity contribution in [3.8, 4) is 12.3 Å². The average Bonchev–Trinajstić information content (AvgIpc) is 2.15. The molecule has 0 aliphatic rings. The van der Waals surface area contributed by atoms with Gasteiger partial charge in [-0.25, -0.2) is 4.39 Å². The van der Waals surface area contributed by atoms with Crippen LogP contribution in [-0.4, -0.2) is 21.1 Å². The third-order valence-corrected chi connectivity index (χ3v) is 7.84. The van der Waals surface area contributed by atoms with Gasteiger partial charge in [0.15, 0.2) is 14.5 Å². The average molecular weight is 244 g/mol. The Hall–Kier alpha value is -0.333. The number of hydrogen-bond acceptors (Lipinski definition) is 1. The van der Waals surface area contributed by atoms with E-state index in [-0.39, 0.29) is 5.04 Å². The van der Waals surface area contributed by atoms with E-state index < -0.39 is 14.5 Å². The molecule has 0 unspecified atom stereocenters. The first-order chi connectivity index (χ1) is 7.20. The standard InChI is InChI=1S/C13H25FOSi/c1-7-12(14)10-8-9-11-15-16(5,6)13(2,3)4/h1,12H,8-11H2,2-6H3/t12-/m0/s1. The molecule has 0 rings (SSSR count). The second-order valence-electron chi connectivity index (χ2n) is 5.74. The maximum absolute atomic E-state index is 12.7. The summed E-state index contributed by atoms with van der Waals surface area (Å²) in [4.78, 5) is 0. The monoisotopic (exact) mass is 244 g/mol. The lowest BCUT2D eigenvalue weighted by Gasteiger charge is -2.36. The third-order valence-electron chi connectivity index (χ3n) is 3.30. The van der Waals surface area contributed by atoms with Crippen molar-refractivity contribution in [2.75, 3.05) is 6.61 Å². The first kappa shape index (κ1) is 15.7. The highest BCUT2D eigenvalue weighted by molar-refractivity contribution is 6.74. The van der Waals surface area contributed by atoms with Gasteiger partial charge in [-0.15, -0.1) is 6.42 Å². The summed E-state index contributed by atoms with van der Waals surface area (Å²) in [7, 11) is -1.62. The fraction of sp³-hybridized carbons (Fsp3) is 0.846. The molecule has 0 amide bonds. The van der Waals surface area contributed by atoms with E-state index in [9.17, 15) is 4.39 Å². The molecule has 0 saturated carbocycles. The highest BCUT2D eigenvalue weighted by Crippen LogP contribution is 2.36. The van der Waals surface area contributed by atoms with Crippen LogP contribution in [0.15, 0.2) is 0 Å². The van der Waals surface area contributed by atoms with Gasteiger partial charge >= 0.3 is 0 Å². The predicted octanol–water partition coefficient (Wildman–Crippen LogP) is 4.15. The second kappa shape index (κ2) is 6.41. The summed E-state index contributed by atoms with van der Waals surface area (Å²) in [5.41, 5.74) is 0. The minimum absolute atomic E-state index is 0.244. The lowest BCUT2D eigenvalue weighted by atomic mass is 10.2. The SMILES string of the molecule is C#C[C@H](F)CCCCO[Si](C)(C)C(C)(C)C. The maximum atomic E-state index is 12.7. The quantitative estimate of drug-likeness (QED) is 0.387. The topological polar surface area (TPSA) is 9.23 Å². The van der Waals surface area contributed by atoms with Gasteiger partial charge in [-0.1, -0.05) is 26.7 Å².